The lowest BCUT2D eigenvalue weighted by molar-refractivity contribution is -0.870. The van der Waals surface area contributed by atoms with Crippen molar-refractivity contribution in [1.82, 2.24) is 0 Å². The molecule has 0 aliphatic heterocycles. The van der Waals surface area contributed by atoms with Gasteiger partial charge >= 0.3 is 17.9 Å². The molecule has 0 bridgehead atoms. The summed E-state index contributed by atoms with van der Waals surface area (Å²) in [5, 5.41) is 9.79. The number of quaternary nitrogens is 1. The Kier molecular flexibility index (Phi) is 79.1. The topological polar surface area (TPSA) is 108 Å². The first-order chi connectivity index (χ1) is 51.6. The van der Waals surface area contributed by atoms with Crippen molar-refractivity contribution in [2.75, 3.05) is 47.5 Å². The highest BCUT2D eigenvalue weighted by Crippen LogP contribution is 2.18. The minimum Gasteiger partial charge on any atom is -0.477 e. The molecule has 0 radical (unpaired) electrons. The highest BCUT2D eigenvalue weighted by molar-refractivity contribution is 5.71. The number of ether oxygens (including phenoxy) is 4. The van der Waals surface area contributed by atoms with Crippen LogP contribution >= 0.6 is 0 Å². The van der Waals surface area contributed by atoms with E-state index in [0.29, 0.717) is 23.9 Å². The van der Waals surface area contributed by atoms with Crippen molar-refractivity contribution < 1.29 is 42.9 Å². The number of nitrogens with zero attached hydrogens (tertiary/aromatic N) is 1. The van der Waals surface area contributed by atoms with Gasteiger partial charge in [-0.05, 0) is 141 Å². The van der Waals surface area contributed by atoms with Gasteiger partial charge in [0.1, 0.15) is 13.2 Å². The van der Waals surface area contributed by atoms with Crippen LogP contribution in [0.1, 0.15) is 335 Å². The highest BCUT2D eigenvalue weighted by Gasteiger charge is 2.25. The van der Waals surface area contributed by atoms with Crippen LogP contribution in [0.3, 0.4) is 0 Å². The number of carbonyl (C=O) groups is 3. The molecule has 0 amide bonds. The summed E-state index contributed by atoms with van der Waals surface area (Å²) >= 11 is 0. The van der Waals surface area contributed by atoms with Gasteiger partial charge in [0.2, 0.25) is 0 Å². The van der Waals surface area contributed by atoms with E-state index >= 15 is 0 Å². The number of carboxylic acids is 1. The number of hydrogen-bond acceptors (Lipinski definition) is 7. The Balaban J connectivity index is 4.06. The van der Waals surface area contributed by atoms with Crippen LogP contribution < -0.4 is 0 Å². The second-order valence-corrected chi connectivity index (χ2v) is 29.0. The molecule has 0 aromatic heterocycles. The number of carbonyl (C=O) groups excluding carboxylic acids is 2. The number of carboxylic acid groups (broad SMARTS) is 1. The summed E-state index contributed by atoms with van der Waals surface area (Å²) in [6.45, 7) is 4.65. The standard InChI is InChI=1S/C96H157NO8/c1-6-8-10-12-14-16-18-20-22-24-26-28-30-32-34-36-38-40-42-44-46-47-49-51-53-55-57-59-61-63-65-67-69-71-73-75-77-79-81-83-85-87-94(99)105-92(91-104-96(95(100)101)102-89-88-97(3,4)5)90-103-93(98)86-84-82-80-78-76-74-72-70-68-66-64-62-60-58-56-54-52-50-48-45-43-41-39-37-35-33-31-29-27-25-23-21-19-17-15-13-11-9-7-2/h8-11,14-17,20-23,26-29,32-35,38-41,44,46,49,51,55,57,61,63,92,96H,6-7,12-13,18-19,24-25,30-31,36-37,42-43,45,47-48,50,52-54,56,58-60,62,64-91H2,1-5H3/p+1/b10-8-,11-9-,16-14-,17-15-,22-20-,23-21-,28-26-,29-27-,34-32-,35-33-,40-38-,41-39-,46-44-,51-49-,57-55-,63-61-. The number of aliphatic carboxylic acids is 1. The van der Waals surface area contributed by atoms with Gasteiger partial charge in [0.05, 0.1) is 34.4 Å². The van der Waals surface area contributed by atoms with Gasteiger partial charge in [0.15, 0.2) is 6.10 Å². The normalized spacial score (nSPS) is 13.6. The summed E-state index contributed by atoms with van der Waals surface area (Å²) in [6.07, 6.45) is 126. The van der Waals surface area contributed by atoms with E-state index in [0.717, 1.165) is 148 Å². The summed E-state index contributed by atoms with van der Waals surface area (Å²) in [4.78, 5) is 37.8. The lowest BCUT2D eigenvalue weighted by Gasteiger charge is -2.25. The molecular weight excluding hydrogens is 1300 g/mol. The summed E-state index contributed by atoms with van der Waals surface area (Å²) in [7, 11) is 5.98. The first kappa shape index (κ1) is 99.1. The number of rotatable bonds is 77. The van der Waals surface area contributed by atoms with Crippen LogP contribution in [0.2, 0.25) is 0 Å². The van der Waals surface area contributed by atoms with Gasteiger partial charge in [0, 0.05) is 12.8 Å². The number of unbranched alkanes of at least 4 members (excludes halogenated alkanes) is 30. The number of esters is 2. The third-order valence-electron chi connectivity index (χ3n) is 17.8. The lowest BCUT2D eigenvalue weighted by atomic mass is 10.0. The zero-order chi connectivity index (χ0) is 76.0. The molecule has 0 saturated heterocycles. The third kappa shape index (κ3) is 85.3. The van der Waals surface area contributed by atoms with Crippen LogP contribution in [0, 0.1) is 0 Å². The fourth-order valence-electron chi connectivity index (χ4n) is 11.5. The van der Waals surface area contributed by atoms with Crippen LogP contribution in [0.25, 0.3) is 0 Å². The maximum absolute atomic E-state index is 13.0. The van der Waals surface area contributed by atoms with Gasteiger partial charge in [-0.2, -0.15) is 0 Å². The van der Waals surface area contributed by atoms with E-state index in [1.165, 1.54) is 154 Å². The molecule has 0 saturated carbocycles. The van der Waals surface area contributed by atoms with E-state index in [1.807, 2.05) is 21.1 Å². The molecule has 1 N–H and O–H groups in total. The van der Waals surface area contributed by atoms with Crippen LogP contribution in [0.15, 0.2) is 194 Å². The van der Waals surface area contributed by atoms with Gasteiger partial charge < -0.3 is 28.5 Å². The van der Waals surface area contributed by atoms with Crippen LogP contribution in [-0.4, -0.2) is 87.4 Å². The summed E-state index contributed by atoms with van der Waals surface area (Å²) in [5.74, 6) is -2.01. The third-order valence-corrected chi connectivity index (χ3v) is 17.8. The van der Waals surface area contributed by atoms with Gasteiger partial charge in [-0.15, -0.1) is 0 Å². The van der Waals surface area contributed by atoms with E-state index in [4.69, 9.17) is 18.9 Å². The van der Waals surface area contributed by atoms with Crippen molar-refractivity contribution in [2.45, 2.75) is 347 Å². The van der Waals surface area contributed by atoms with Gasteiger partial charge in [0.25, 0.3) is 6.29 Å². The molecule has 0 heterocycles. The molecule has 9 nitrogen and oxygen atoms in total. The molecule has 0 aromatic carbocycles. The zero-order valence-electron chi connectivity index (χ0n) is 68.1. The number of likely N-dealkylation sites (N-methyl/N-ethyl adjacent to an activating group) is 1. The van der Waals surface area contributed by atoms with Crippen molar-refractivity contribution >= 4 is 17.9 Å². The van der Waals surface area contributed by atoms with E-state index < -0.39 is 24.3 Å². The molecule has 0 fully saturated rings. The van der Waals surface area contributed by atoms with Gasteiger partial charge in [-0.1, -0.05) is 375 Å². The molecule has 0 aliphatic carbocycles. The SMILES string of the molecule is CC/C=C\C/C=C\C/C=C\C/C=C\C/C=C\C/C=C\C/C=C\C/C=C\C/C=C\C/C=C\CCCCCCCCCCCCC(=O)OC(COC(=O)CCCCCCCCCCCCCCCCCCCCCC/C=C\C/C=C\C/C=C\C/C=C\C/C=C\C/C=C\CC)COC(OCC[N+](C)(C)C)C(=O)O. The van der Waals surface area contributed by atoms with E-state index in [-0.39, 0.29) is 32.2 Å². The average molecular weight is 1450 g/mol. The predicted octanol–water partition coefficient (Wildman–Crippen LogP) is 28.0. The Morgan fingerprint density at radius 1 is 0.286 bits per heavy atom. The maximum Gasteiger partial charge on any atom is 0.361 e. The first-order valence-electron chi connectivity index (χ1n) is 42.6. The van der Waals surface area contributed by atoms with Crippen molar-refractivity contribution in [1.29, 1.82) is 0 Å². The Morgan fingerprint density at radius 2 is 0.514 bits per heavy atom. The van der Waals surface area contributed by atoms with Crippen LogP contribution in [0.5, 0.6) is 0 Å². The number of hydrogen-bond donors (Lipinski definition) is 1. The highest BCUT2D eigenvalue weighted by atomic mass is 16.7. The van der Waals surface area contributed by atoms with Crippen molar-refractivity contribution in [3.63, 3.8) is 0 Å². The molecule has 105 heavy (non-hydrogen) atoms. The zero-order valence-corrected chi connectivity index (χ0v) is 68.1. The molecule has 9 heteroatoms. The maximum atomic E-state index is 13.0. The van der Waals surface area contributed by atoms with E-state index in [2.05, 4.69) is 208 Å². The predicted molar refractivity (Wildman–Crippen MR) is 456 cm³/mol. The smallest absolute Gasteiger partial charge is 0.361 e. The molecule has 0 rings (SSSR count). The minimum absolute atomic E-state index is 0.180. The monoisotopic (exact) mass is 1450 g/mol. The first-order valence-corrected chi connectivity index (χ1v) is 42.6. The van der Waals surface area contributed by atoms with Gasteiger partial charge in [-0.3, -0.25) is 9.59 Å². The Bertz CT molecular complexity index is 2450. The average Bonchev–Trinajstić information content (AvgIpc) is 1.18. The second-order valence-electron chi connectivity index (χ2n) is 29.0. The molecule has 0 aliphatic rings. The molecule has 2 unspecified atom stereocenters. The fourth-order valence-corrected chi connectivity index (χ4v) is 11.5. The second kappa shape index (κ2) is 83.8. The Hall–Kier alpha value is -5.87. The minimum atomic E-state index is -1.52. The molecule has 2 atom stereocenters. The summed E-state index contributed by atoms with van der Waals surface area (Å²) < 4.78 is 23.1. The number of allylic oxidation sites excluding steroid dienone is 32. The van der Waals surface area contributed by atoms with Crippen molar-refractivity contribution in [3.8, 4) is 0 Å². The molecule has 0 aromatic rings. The largest absolute Gasteiger partial charge is 0.477 e. The molecule has 594 valence electrons. The van der Waals surface area contributed by atoms with Crippen molar-refractivity contribution in [2.24, 2.45) is 0 Å². The van der Waals surface area contributed by atoms with E-state index in [9.17, 15) is 19.5 Å². The van der Waals surface area contributed by atoms with Crippen molar-refractivity contribution in [3.05, 3.63) is 194 Å². The molecule has 0 spiro atoms. The van der Waals surface area contributed by atoms with E-state index in [1.54, 1.807) is 0 Å². The quantitative estimate of drug-likeness (QED) is 0.0211. The van der Waals surface area contributed by atoms with Crippen LogP contribution in [-0.2, 0) is 33.3 Å². The van der Waals surface area contributed by atoms with Gasteiger partial charge in [-0.25, -0.2) is 4.79 Å². The Morgan fingerprint density at radius 3 is 0.762 bits per heavy atom. The molecular formula is C96H158NO8+. The summed E-state index contributed by atoms with van der Waals surface area (Å²) in [5.41, 5.74) is 0. The Labute approximate surface area is 646 Å². The van der Waals surface area contributed by atoms with Crippen LogP contribution in [0.4, 0.5) is 0 Å². The fraction of sp³-hybridized carbons (Fsp3) is 0.635. The lowest BCUT2D eigenvalue weighted by Crippen LogP contribution is -2.40. The summed E-state index contributed by atoms with van der Waals surface area (Å²) in [6, 6.07) is 0.